The summed E-state index contributed by atoms with van der Waals surface area (Å²) in [6.07, 6.45) is 1.93. The Labute approximate surface area is 272 Å². The van der Waals surface area contributed by atoms with Gasteiger partial charge in [-0.15, -0.1) is 0 Å². The SMILES string of the molecule is COc1ccc2cc1Oc1cc(F)cc(c1)CNC(=O)C1(CCN(C(=O)C3CCOCC3)CC1)Oc1ccc(cc1)OCCNC2=O. The number of rotatable bonds is 2. The Morgan fingerprint density at radius 1 is 0.915 bits per heavy atom. The number of amides is 3. The van der Waals surface area contributed by atoms with Gasteiger partial charge in [-0.3, -0.25) is 14.4 Å². The summed E-state index contributed by atoms with van der Waals surface area (Å²) in [5.41, 5.74) is -0.489. The van der Waals surface area contributed by atoms with E-state index in [0.717, 1.165) is 0 Å². The van der Waals surface area contributed by atoms with E-state index in [1.54, 1.807) is 42.5 Å². The topological polar surface area (TPSA) is 125 Å². The van der Waals surface area contributed by atoms with Gasteiger partial charge in [0, 0.05) is 63.2 Å². The third kappa shape index (κ3) is 7.60. The second-order valence-corrected chi connectivity index (χ2v) is 11.8. The van der Waals surface area contributed by atoms with E-state index < -0.39 is 11.4 Å². The van der Waals surface area contributed by atoms with Gasteiger partial charge in [0.15, 0.2) is 17.1 Å². The van der Waals surface area contributed by atoms with Crippen molar-refractivity contribution in [1.29, 1.82) is 0 Å². The van der Waals surface area contributed by atoms with Crippen LogP contribution in [0.1, 0.15) is 41.6 Å². The maximum absolute atomic E-state index is 14.8. The summed E-state index contributed by atoms with van der Waals surface area (Å²) < 4.78 is 43.9. The number of likely N-dealkylation sites (tertiary alicyclic amines) is 1. The Bertz CT molecular complexity index is 1600. The normalized spacial score (nSPS) is 18.9. The Morgan fingerprint density at radius 3 is 2.40 bits per heavy atom. The Morgan fingerprint density at radius 2 is 1.66 bits per heavy atom. The Balaban J connectivity index is 1.26. The highest BCUT2D eigenvalue weighted by molar-refractivity contribution is 5.95. The first-order valence-corrected chi connectivity index (χ1v) is 15.8. The number of hydrogen-bond donors (Lipinski definition) is 2. The van der Waals surface area contributed by atoms with Crippen LogP contribution in [0.4, 0.5) is 4.39 Å². The molecule has 0 saturated carbocycles. The number of fused-ring (bicyclic) bond motifs is 8. The molecule has 2 fully saturated rings. The van der Waals surface area contributed by atoms with Crippen molar-refractivity contribution in [3.05, 3.63) is 77.6 Å². The van der Waals surface area contributed by atoms with E-state index in [2.05, 4.69) is 10.6 Å². The van der Waals surface area contributed by atoms with Gasteiger partial charge in [0.2, 0.25) is 5.91 Å². The van der Waals surface area contributed by atoms with Crippen molar-refractivity contribution < 1.29 is 42.5 Å². The van der Waals surface area contributed by atoms with E-state index in [1.165, 1.54) is 25.3 Å². The molecule has 4 aliphatic rings. The molecule has 3 amide bonds. The van der Waals surface area contributed by atoms with Crippen LogP contribution in [0.3, 0.4) is 0 Å². The molecule has 4 aliphatic heterocycles. The number of hydrogen-bond acceptors (Lipinski definition) is 8. The third-order valence-corrected chi connectivity index (χ3v) is 8.70. The van der Waals surface area contributed by atoms with Crippen LogP contribution in [0.2, 0.25) is 0 Å². The summed E-state index contributed by atoms with van der Waals surface area (Å²) in [5.74, 6) is 0.487. The number of nitrogens with zero attached hydrogens (tertiary/aromatic N) is 1. The molecule has 248 valence electrons. The molecule has 11 nitrogen and oxygen atoms in total. The van der Waals surface area contributed by atoms with E-state index in [0.29, 0.717) is 67.5 Å². The predicted octanol–water partition coefficient (Wildman–Crippen LogP) is 4.23. The molecular weight excluding hydrogens is 609 g/mol. The fraction of sp³-hybridized carbons (Fsp3) is 0.400. The molecule has 0 atom stereocenters. The van der Waals surface area contributed by atoms with Crippen molar-refractivity contribution in [2.24, 2.45) is 5.92 Å². The minimum atomic E-state index is -1.27. The minimum Gasteiger partial charge on any atom is -0.493 e. The fourth-order valence-corrected chi connectivity index (χ4v) is 6.08. The van der Waals surface area contributed by atoms with Crippen LogP contribution in [-0.2, 0) is 20.9 Å². The highest BCUT2D eigenvalue weighted by atomic mass is 19.1. The lowest BCUT2D eigenvalue weighted by molar-refractivity contribution is -0.149. The zero-order valence-corrected chi connectivity index (χ0v) is 26.2. The van der Waals surface area contributed by atoms with Gasteiger partial charge >= 0.3 is 0 Å². The van der Waals surface area contributed by atoms with Gasteiger partial charge in [0.05, 0.1) is 13.7 Å². The maximum Gasteiger partial charge on any atom is 0.264 e. The molecule has 0 radical (unpaired) electrons. The van der Waals surface area contributed by atoms with Crippen LogP contribution in [0.15, 0.2) is 60.7 Å². The van der Waals surface area contributed by atoms with Crippen LogP contribution in [0.25, 0.3) is 0 Å². The first kappa shape index (κ1) is 32.1. The van der Waals surface area contributed by atoms with E-state index in [9.17, 15) is 18.8 Å². The quantitative estimate of drug-likeness (QED) is 0.424. The lowest BCUT2D eigenvalue weighted by Gasteiger charge is -2.41. The van der Waals surface area contributed by atoms with Crippen LogP contribution in [0, 0.1) is 11.7 Å². The Kier molecular flexibility index (Phi) is 9.76. The third-order valence-electron chi connectivity index (χ3n) is 8.70. The zero-order valence-electron chi connectivity index (χ0n) is 26.2. The van der Waals surface area contributed by atoms with Crippen molar-refractivity contribution in [3.8, 4) is 28.7 Å². The lowest BCUT2D eigenvalue weighted by atomic mass is 9.88. The van der Waals surface area contributed by atoms with Crippen molar-refractivity contribution >= 4 is 17.7 Å². The molecule has 12 heteroatoms. The average molecular weight is 648 g/mol. The smallest absolute Gasteiger partial charge is 0.264 e. The van der Waals surface area contributed by atoms with Gasteiger partial charge in [-0.25, -0.2) is 4.39 Å². The van der Waals surface area contributed by atoms with Crippen LogP contribution in [0.5, 0.6) is 28.7 Å². The summed E-state index contributed by atoms with van der Waals surface area (Å²) in [4.78, 5) is 41.9. The molecule has 4 heterocycles. The molecule has 6 bridgehead atoms. The largest absolute Gasteiger partial charge is 0.493 e. The van der Waals surface area contributed by atoms with Gasteiger partial charge in [-0.1, -0.05) is 0 Å². The van der Waals surface area contributed by atoms with E-state index >= 15 is 0 Å². The maximum atomic E-state index is 14.8. The standard InChI is InChI=1S/C35H38FN3O8/c1-43-30-7-2-25-20-31(30)46-29-19-23(18-26(36)21-29)22-38-34(42)35(10-13-39(14-11-35)33(41)24-8-15-44-16-9-24)47-28-5-3-27(4-6-28)45-17-12-37-32(25)40/h2-7,18-21,24H,8-17,22H2,1H3,(H,37,40)(H,38,42). The second kappa shape index (κ2) is 14.3. The molecule has 1 spiro atoms. The number of carbonyl (C=O) groups is 3. The summed E-state index contributed by atoms with van der Waals surface area (Å²) in [7, 11) is 1.47. The number of ether oxygens (including phenoxy) is 5. The molecule has 7 rings (SSSR count). The molecule has 47 heavy (non-hydrogen) atoms. The first-order chi connectivity index (χ1) is 22.8. The summed E-state index contributed by atoms with van der Waals surface area (Å²) in [5, 5.41) is 5.75. The van der Waals surface area contributed by atoms with Crippen molar-refractivity contribution in [1.82, 2.24) is 15.5 Å². The molecule has 0 aromatic heterocycles. The van der Waals surface area contributed by atoms with Crippen LogP contribution >= 0.6 is 0 Å². The summed E-state index contributed by atoms with van der Waals surface area (Å²) in [6.45, 7) is 2.29. The molecule has 3 aromatic rings. The number of halogens is 1. The zero-order chi connectivity index (χ0) is 32.8. The van der Waals surface area contributed by atoms with Crippen LogP contribution < -0.4 is 29.6 Å². The van der Waals surface area contributed by atoms with E-state index in [1.807, 2.05) is 4.90 Å². The predicted molar refractivity (Wildman–Crippen MR) is 168 cm³/mol. The molecule has 2 N–H and O–H groups in total. The van der Waals surface area contributed by atoms with Crippen LogP contribution in [-0.4, -0.2) is 74.8 Å². The molecule has 0 aliphatic carbocycles. The highest BCUT2D eigenvalue weighted by Crippen LogP contribution is 2.34. The molecule has 2 saturated heterocycles. The Hall–Kier alpha value is -4.84. The van der Waals surface area contributed by atoms with Gasteiger partial charge in [0.1, 0.15) is 29.7 Å². The first-order valence-electron chi connectivity index (χ1n) is 15.8. The fourth-order valence-electron chi connectivity index (χ4n) is 6.08. The van der Waals surface area contributed by atoms with Crippen molar-refractivity contribution in [2.45, 2.75) is 37.8 Å². The number of nitrogens with one attached hydrogen (secondary N) is 2. The molecular formula is C35H38FN3O8. The van der Waals surface area contributed by atoms with Gasteiger partial charge in [0.25, 0.3) is 11.8 Å². The van der Waals surface area contributed by atoms with E-state index in [4.69, 9.17) is 23.7 Å². The minimum absolute atomic E-state index is 0.00482. The molecule has 0 unspecified atom stereocenters. The van der Waals surface area contributed by atoms with Crippen molar-refractivity contribution in [3.63, 3.8) is 0 Å². The average Bonchev–Trinajstić information content (AvgIpc) is 3.09. The summed E-state index contributed by atoms with van der Waals surface area (Å²) in [6, 6.07) is 15.8. The van der Waals surface area contributed by atoms with Gasteiger partial charge < -0.3 is 39.2 Å². The lowest BCUT2D eigenvalue weighted by Crippen LogP contribution is -2.58. The number of methoxy groups -OCH3 is 1. The van der Waals surface area contributed by atoms with Crippen molar-refractivity contribution in [2.75, 3.05) is 46.6 Å². The monoisotopic (exact) mass is 647 g/mol. The number of carbonyl (C=O) groups excluding carboxylic acids is 3. The number of benzene rings is 3. The van der Waals surface area contributed by atoms with Gasteiger partial charge in [-0.2, -0.15) is 0 Å². The molecule has 3 aromatic carbocycles. The van der Waals surface area contributed by atoms with Gasteiger partial charge in [-0.05, 0) is 73.0 Å². The van der Waals surface area contributed by atoms with E-state index in [-0.39, 0.29) is 67.7 Å². The highest BCUT2D eigenvalue weighted by Gasteiger charge is 2.45. The summed E-state index contributed by atoms with van der Waals surface area (Å²) >= 11 is 0. The second-order valence-electron chi connectivity index (χ2n) is 11.8. The number of piperidine rings is 1.